The number of rotatable bonds is 8. The van der Waals surface area contributed by atoms with Crippen molar-refractivity contribution >= 4 is 15.7 Å². The number of alkyl halides is 3. The average Bonchev–Trinajstić information content (AvgIpc) is 2.67. The Labute approximate surface area is 164 Å². The van der Waals surface area contributed by atoms with Gasteiger partial charge in [-0.15, -0.1) is 0 Å². The normalized spacial score (nSPS) is 13.4. The highest BCUT2D eigenvalue weighted by atomic mass is 32.2. The Hall–Kier alpha value is -2.54. The molecule has 0 heterocycles. The van der Waals surface area contributed by atoms with Crippen molar-refractivity contribution in [3.8, 4) is 0 Å². The molecule has 1 unspecified atom stereocenters. The zero-order chi connectivity index (χ0) is 21.8. The lowest BCUT2D eigenvalue weighted by Gasteiger charge is -2.28. The summed E-state index contributed by atoms with van der Waals surface area (Å²) in [5.41, 5.74) is -1.80. The highest BCUT2D eigenvalue weighted by molar-refractivity contribution is 7.89. The predicted molar refractivity (Wildman–Crippen MR) is 95.4 cm³/mol. The first-order chi connectivity index (χ1) is 13.5. The summed E-state index contributed by atoms with van der Waals surface area (Å²) in [6.45, 7) is 0. The highest BCUT2D eigenvalue weighted by Gasteiger charge is 2.38. The van der Waals surface area contributed by atoms with Gasteiger partial charge in [0, 0.05) is 26.4 Å². The molecule has 1 atom stereocenters. The number of nitro groups is 1. The van der Waals surface area contributed by atoms with Gasteiger partial charge < -0.3 is 9.47 Å². The molecule has 0 amide bonds. The second-order valence-electron chi connectivity index (χ2n) is 5.77. The van der Waals surface area contributed by atoms with Crippen molar-refractivity contribution < 1.29 is 36.0 Å². The number of nitrogens with zero attached hydrogens (tertiary/aromatic N) is 1. The van der Waals surface area contributed by atoms with E-state index in [0.29, 0.717) is 0 Å². The number of non-ortho nitro benzene ring substituents is 1. The molecule has 0 spiro atoms. The Balaban J connectivity index is 2.51. The molecule has 0 saturated carbocycles. The Morgan fingerprint density at radius 2 is 1.59 bits per heavy atom. The molecule has 0 fully saturated rings. The molecule has 0 aromatic heterocycles. The van der Waals surface area contributed by atoms with Crippen LogP contribution in [-0.2, 0) is 25.7 Å². The molecule has 2 rings (SSSR count). The summed E-state index contributed by atoms with van der Waals surface area (Å²) in [7, 11) is -2.08. The maximum atomic E-state index is 13.4. The predicted octanol–water partition coefficient (Wildman–Crippen LogP) is 3.25. The third-order valence-corrected chi connectivity index (χ3v) is 5.43. The van der Waals surface area contributed by atoms with E-state index in [1.807, 2.05) is 0 Å². The molecule has 1 N–H and O–H groups in total. The molecule has 0 aliphatic rings. The summed E-state index contributed by atoms with van der Waals surface area (Å²) in [6.07, 6.45) is -6.13. The van der Waals surface area contributed by atoms with E-state index in [1.54, 1.807) is 0 Å². The fraction of sp³-hybridized carbons (Fsp3) is 0.294. The molecule has 2 aromatic carbocycles. The third kappa shape index (κ3) is 5.29. The lowest BCUT2D eigenvalue weighted by atomic mass is 10.00. The highest BCUT2D eigenvalue weighted by Crippen LogP contribution is 2.36. The van der Waals surface area contributed by atoms with Gasteiger partial charge in [0.2, 0.25) is 10.0 Å². The van der Waals surface area contributed by atoms with Crippen LogP contribution in [-0.4, -0.2) is 33.9 Å². The minimum atomic E-state index is -4.75. The Morgan fingerprint density at radius 1 is 1.03 bits per heavy atom. The molecule has 2 aromatic rings. The third-order valence-electron chi connectivity index (χ3n) is 3.98. The smallest absolute Gasteiger partial charge is 0.354 e. The van der Waals surface area contributed by atoms with E-state index in [0.717, 1.165) is 50.6 Å². The summed E-state index contributed by atoms with van der Waals surface area (Å²) in [5, 5.41) is 10.7. The van der Waals surface area contributed by atoms with Gasteiger partial charge in [-0.05, 0) is 23.8 Å². The van der Waals surface area contributed by atoms with Gasteiger partial charge >= 0.3 is 6.18 Å². The van der Waals surface area contributed by atoms with E-state index in [9.17, 15) is 31.7 Å². The van der Waals surface area contributed by atoms with E-state index in [2.05, 4.69) is 4.72 Å². The van der Waals surface area contributed by atoms with E-state index < -0.39 is 44.6 Å². The van der Waals surface area contributed by atoms with Gasteiger partial charge in [0.1, 0.15) is 0 Å². The quantitative estimate of drug-likeness (QED) is 0.388. The summed E-state index contributed by atoms with van der Waals surface area (Å²) in [4.78, 5) is 9.64. The van der Waals surface area contributed by atoms with E-state index in [4.69, 9.17) is 9.47 Å². The summed E-state index contributed by atoms with van der Waals surface area (Å²) in [6, 6.07) is 6.74. The Bertz CT molecular complexity index is 960. The van der Waals surface area contributed by atoms with Gasteiger partial charge in [-0.3, -0.25) is 10.1 Å². The SMILES string of the molecule is COC(OC)C(NS(=O)(=O)c1ccc([N+](=O)[O-])cc1)c1ccccc1C(F)(F)F. The molecular weight excluding hydrogens is 417 g/mol. The largest absolute Gasteiger partial charge is 0.416 e. The topological polar surface area (TPSA) is 108 Å². The monoisotopic (exact) mass is 434 g/mol. The number of methoxy groups -OCH3 is 2. The first-order valence-corrected chi connectivity index (χ1v) is 9.48. The molecule has 0 radical (unpaired) electrons. The van der Waals surface area contributed by atoms with Crippen LogP contribution in [0.2, 0.25) is 0 Å². The van der Waals surface area contributed by atoms with Crippen LogP contribution in [0, 0.1) is 10.1 Å². The first kappa shape index (κ1) is 22.7. The number of halogens is 3. The molecule has 158 valence electrons. The molecule has 0 bridgehead atoms. The summed E-state index contributed by atoms with van der Waals surface area (Å²) in [5.74, 6) is 0. The van der Waals surface area contributed by atoms with Crippen molar-refractivity contribution in [2.45, 2.75) is 23.4 Å². The molecule has 0 aliphatic heterocycles. The van der Waals surface area contributed by atoms with Gasteiger partial charge in [-0.2, -0.15) is 17.9 Å². The standard InChI is InChI=1S/C17H17F3N2O6S/c1-27-16(28-2)15(13-5-3-4-6-14(13)17(18,19)20)21-29(25,26)12-9-7-11(8-10-12)22(23)24/h3-10,15-16,21H,1-2H3. The van der Waals surface area contributed by atoms with E-state index >= 15 is 0 Å². The van der Waals surface area contributed by atoms with Crippen LogP contribution in [0.25, 0.3) is 0 Å². The number of sulfonamides is 1. The molecular formula is C17H17F3N2O6S. The number of nitro benzene ring substituents is 1. The second kappa shape index (κ2) is 8.86. The van der Waals surface area contributed by atoms with Crippen LogP contribution in [0.4, 0.5) is 18.9 Å². The Kier molecular flexibility index (Phi) is 6.95. The van der Waals surface area contributed by atoms with Crippen molar-refractivity contribution in [1.29, 1.82) is 0 Å². The maximum absolute atomic E-state index is 13.4. The second-order valence-corrected chi connectivity index (χ2v) is 7.49. The zero-order valence-electron chi connectivity index (χ0n) is 15.2. The molecule has 0 saturated heterocycles. The van der Waals surface area contributed by atoms with Crippen molar-refractivity contribution in [3.63, 3.8) is 0 Å². The minimum absolute atomic E-state index is 0.338. The lowest BCUT2D eigenvalue weighted by Crippen LogP contribution is -2.39. The van der Waals surface area contributed by atoms with Crippen LogP contribution < -0.4 is 4.72 Å². The average molecular weight is 434 g/mol. The van der Waals surface area contributed by atoms with E-state index in [-0.39, 0.29) is 10.6 Å². The van der Waals surface area contributed by atoms with Crippen LogP contribution in [0.15, 0.2) is 53.4 Å². The molecule has 12 heteroatoms. The minimum Gasteiger partial charge on any atom is -0.354 e. The summed E-state index contributed by atoms with van der Waals surface area (Å²) < 4.78 is 77.9. The van der Waals surface area contributed by atoms with Crippen molar-refractivity contribution in [2.24, 2.45) is 0 Å². The van der Waals surface area contributed by atoms with Gasteiger partial charge in [0.15, 0.2) is 6.29 Å². The number of nitrogens with one attached hydrogen (secondary N) is 1. The zero-order valence-corrected chi connectivity index (χ0v) is 16.0. The number of ether oxygens (including phenoxy) is 2. The fourth-order valence-electron chi connectivity index (χ4n) is 2.64. The molecule has 0 aliphatic carbocycles. The number of hydrogen-bond acceptors (Lipinski definition) is 6. The maximum Gasteiger partial charge on any atom is 0.416 e. The van der Waals surface area contributed by atoms with Crippen LogP contribution in [0.1, 0.15) is 17.2 Å². The van der Waals surface area contributed by atoms with Crippen LogP contribution in [0.3, 0.4) is 0 Å². The number of benzene rings is 2. The first-order valence-electron chi connectivity index (χ1n) is 7.99. The van der Waals surface area contributed by atoms with Gasteiger partial charge in [-0.25, -0.2) is 8.42 Å². The Morgan fingerprint density at radius 3 is 2.07 bits per heavy atom. The van der Waals surface area contributed by atoms with Crippen molar-refractivity contribution in [1.82, 2.24) is 4.72 Å². The molecule has 29 heavy (non-hydrogen) atoms. The van der Waals surface area contributed by atoms with Crippen molar-refractivity contribution in [3.05, 3.63) is 69.8 Å². The van der Waals surface area contributed by atoms with Crippen LogP contribution >= 0.6 is 0 Å². The summed E-state index contributed by atoms with van der Waals surface area (Å²) >= 11 is 0. The molecule has 8 nitrogen and oxygen atoms in total. The van der Waals surface area contributed by atoms with Gasteiger partial charge in [0.05, 0.1) is 21.4 Å². The van der Waals surface area contributed by atoms with E-state index in [1.165, 1.54) is 12.1 Å². The lowest BCUT2D eigenvalue weighted by molar-refractivity contribution is -0.384. The number of hydrogen-bond donors (Lipinski definition) is 1. The van der Waals surface area contributed by atoms with Gasteiger partial charge in [0.25, 0.3) is 5.69 Å². The van der Waals surface area contributed by atoms with Gasteiger partial charge in [-0.1, -0.05) is 18.2 Å². The fourth-order valence-corrected chi connectivity index (χ4v) is 3.85. The van der Waals surface area contributed by atoms with Crippen molar-refractivity contribution in [2.75, 3.05) is 14.2 Å². The van der Waals surface area contributed by atoms with Crippen LogP contribution in [0.5, 0.6) is 0 Å².